The Hall–Kier alpha value is -1.18. The molecule has 0 radical (unpaired) electrons. The van der Waals surface area contributed by atoms with Crippen LogP contribution in [0.25, 0.3) is 0 Å². The molecule has 2 rings (SSSR count). The SMILES string of the molecule is CCNc1nc(NC2CCC(SC)C2)cc(C(F)(F)F)n1. The van der Waals surface area contributed by atoms with Gasteiger partial charge in [-0.2, -0.15) is 29.9 Å². The van der Waals surface area contributed by atoms with Gasteiger partial charge in [0.2, 0.25) is 5.95 Å². The van der Waals surface area contributed by atoms with Crippen molar-refractivity contribution in [3.63, 3.8) is 0 Å². The second-order valence-electron chi connectivity index (χ2n) is 5.00. The molecule has 1 saturated carbocycles. The predicted molar refractivity (Wildman–Crippen MR) is 79.8 cm³/mol. The van der Waals surface area contributed by atoms with Gasteiger partial charge in [0, 0.05) is 23.9 Å². The van der Waals surface area contributed by atoms with Crippen LogP contribution < -0.4 is 10.6 Å². The average Bonchev–Trinajstić information content (AvgIpc) is 2.85. The molecule has 0 spiro atoms. The van der Waals surface area contributed by atoms with Gasteiger partial charge >= 0.3 is 6.18 Å². The standard InChI is InChI=1S/C13H19F3N4S/c1-3-17-12-19-10(13(14,15)16)7-11(20-12)18-8-4-5-9(6-8)21-2/h7-9H,3-6H2,1-2H3,(H2,17,18,19,20). The summed E-state index contributed by atoms with van der Waals surface area (Å²) in [6.45, 7) is 2.26. The quantitative estimate of drug-likeness (QED) is 0.868. The van der Waals surface area contributed by atoms with Crippen LogP contribution >= 0.6 is 11.8 Å². The van der Waals surface area contributed by atoms with Crippen molar-refractivity contribution in [2.24, 2.45) is 0 Å². The summed E-state index contributed by atoms with van der Waals surface area (Å²) < 4.78 is 38.6. The molecule has 4 nitrogen and oxygen atoms in total. The van der Waals surface area contributed by atoms with E-state index in [4.69, 9.17) is 0 Å². The maximum Gasteiger partial charge on any atom is 0.433 e. The van der Waals surface area contributed by atoms with Crippen molar-refractivity contribution in [1.29, 1.82) is 0 Å². The summed E-state index contributed by atoms with van der Waals surface area (Å²) in [6.07, 6.45) is 0.566. The van der Waals surface area contributed by atoms with Crippen LogP contribution in [-0.2, 0) is 6.18 Å². The molecule has 118 valence electrons. The van der Waals surface area contributed by atoms with Gasteiger partial charge in [0.25, 0.3) is 0 Å². The fourth-order valence-electron chi connectivity index (χ4n) is 2.40. The summed E-state index contributed by atoms with van der Waals surface area (Å²) in [5.74, 6) is 0.245. The van der Waals surface area contributed by atoms with Gasteiger partial charge in [0.05, 0.1) is 0 Å². The number of rotatable bonds is 5. The molecule has 1 aliphatic rings. The Morgan fingerprint density at radius 2 is 2.10 bits per heavy atom. The second kappa shape index (κ2) is 6.72. The van der Waals surface area contributed by atoms with E-state index in [1.807, 2.05) is 0 Å². The molecule has 2 N–H and O–H groups in total. The molecular formula is C13H19F3N4S. The molecule has 2 unspecified atom stereocenters. The van der Waals surface area contributed by atoms with Crippen molar-refractivity contribution in [1.82, 2.24) is 9.97 Å². The Kier molecular flexibility index (Phi) is 5.18. The number of thioether (sulfide) groups is 1. The Morgan fingerprint density at radius 1 is 1.33 bits per heavy atom. The number of hydrogen-bond acceptors (Lipinski definition) is 5. The second-order valence-corrected chi connectivity index (χ2v) is 6.14. The van der Waals surface area contributed by atoms with Crippen molar-refractivity contribution in [2.75, 3.05) is 23.4 Å². The normalized spacial score (nSPS) is 22.3. The van der Waals surface area contributed by atoms with Gasteiger partial charge in [0.15, 0.2) is 5.69 Å². The number of alkyl halides is 3. The van der Waals surface area contributed by atoms with Crippen molar-refractivity contribution in [3.05, 3.63) is 11.8 Å². The maximum absolute atomic E-state index is 12.9. The lowest BCUT2D eigenvalue weighted by molar-refractivity contribution is -0.141. The zero-order chi connectivity index (χ0) is 15.5. The predicted octanol–water partition coefficient (Wildman–Crippen LogP) is 3.62. The molecule has 1 aromatic heterocycles. The first-order valence-corrected chi connectivity index (χ1v) is 8.20. The monoisotopic (exact) mass is 320 g/mol. The molecule has 1 fully saturated rings. The Morgan fingerprint density at radius 3 is 2.67 bits per heavy atom. The van der Waals surface area contributed by atoms with E-state index in [0.29, 0.717) is 11.8 Å². The number of nitrogens with one attached hydrogen (secondary N) is 2. The number of anilines is 2. The highest BCUT2D eigenvalue weighted by atomic mass is 32.2. The molecule has 1 heterocycles. The number of nitrogens with zero attached hydrogens (tertiary/aromatic N) is 2. The van der Waals surface area contributed by atoms with Crippen LogP contribution in [0.1, 0.15) is 31.9 Å². The minimum Gasteiger partial charge on any atom is -0.367 e. The summed E-state index contributed by atoms with van der Waals surface area (Å²) in [4.78, 5) is 7.62. The molecule has 0 bridgehead atoms. The Bertz CT molecular complexity index is 481. The fraction of sp³-hybridized carbons (Fsp3) is 0.692. The lowest BCUT2D eigenvalue weighted by Gasteiger charge is -2.16. The molecule has 0 aromatic carbocycles. The highest BCUT2D eigenvalue weighted by Gasteiger charge is 2.34. The van der Waals surface area contributed by atoms with E-state index in [-0.39, 0.29) is 17.8 Å². The summed E-state index contributed by atoms with van der Waals surface area (Å²) in [6, 6.07) is 1.15. The van der Waals surface area contributed by atoms with Crippen molar-refractivity contribution in [3.8, 4) is 0 Å². The van der Waals surface area contributed by atoms with Crippen molar-refractivity contribution >= 4 is 23.5 Å². The first-order chi connectivity index (χ1) is 9.92. The highest BCUT2D eigenvalue weighted by molar-refractivity contribution is 7.99. The van der Waals surface area contributed by atoms with Gasteiger partial charge < -0.3 is 10.6 Å². The molecule has 0 amide bonds. The van der Waals surface area contributed by atoms with Crippen LogP contribution in [0.2, 0.25) is 0 Å². The lowest BCUT2D eigenvalue weighted by Crippen LogP contribution is -2.19. The van der Waals surface area contributed by atoms with Gasteiger partial charge in [-0.15, -0.1) is 0 Å². The van der Waals surface area contributed by atoms with Gasteiger partial charge in [-0.05, 0) is 32.4 Å². The zero-order valence-corrected chi connectivity index (χ0v) is 12.8. The first-order valence-electron chi connectivity index (χ1n) is 6.92. The van der Waals surface area contributed by atoms with E-state index in [0.717, 1.165) is 25.3 Å². The molecule has 21 heavy (non-hydrogen) atoms. The van der Waals surface area contributed by atoms with Gasteiger partial charge in [-0.25, -0.2) is 4.98 Å². The van der Waals surface area contributed by atoms with E-state index >= 15 is 0 Å². The van der Waals surface area contributed by atoms with Crippen LogP contribution in [-0.4, -0.2) is 34.1 Å². The number of hydrogen-bond donors (Lipinski definition) is 2. The molecular weight excluding hydrogens is 301 g/mol. The van der Waals surface area contributed by atoms with Crippen molar-refractivity contribution in [2.45, 2.75) is 43.7 Å². The van der Waals surface area contributed by atoms with Crippen LogP contribution in [0.5, 0.6) is 0 Å². The highest BCUT2D eigenvalue weighted by Crippen LogP contribution is 2.32. The lowest BCUT2D eigenvalue weighted by atomic mass is 10.2. The van der Waals surface area contributed by atoms with Crippen LogP contribution in [0.15, 0.2) is 6.07 Å². The molecule has 1 aromatic rings. The minimum atomic E-state index is -4.47. The molecule has 0 saturated heterocycles. The van der Waals surface area contributed by atoms with E-state index in [2.05, 4.69) is 26.9 Å². The third-order valence-corrected chi connectivity index (χ3v) is 4.52. The molecule has 2 atom stereocenters. The average molecular weight is 320 g/mol. The van der Waals surface area contributed by atoms with E-state index in [9.17, 15) is 13.2 Å². The smallest absolute Gasteiger partial charge is 0.367 e. The van der Waals surface area contributed by atoms with E-state index in [1.165, 1.54) is 0 Å². The summed E-state index contributed by atoms with van der Waals surface area (Å²) in [5, 5.41) is 6.42. The van der Waals surface area contributed by atoms with E-state index in [1.54, 1.807) is 18.7 Å². The number of halogens is 3. The largest absolute Gasteiger partial charge is 0.433 e. The van der Waals surface area contributed by atoms with Gasteiger partial charge in [-0.3, -0.25) is 0 Å². The van der Waals surface area contributed by atoms with Crippen LogP contribution in [0.4, 0.5) is 24.9 Å². The van der Waals surface area contributed by atoms with Gasteiger partial charge in [0.1, 0.15) is 5.82 Å². The summed E-state index contributed by atoms with van der Waals surface area (Å²) in [5.41, 5.74) is -0.921. The first kappa shape index (κ1) is 16.2. The molecule has 0 aliphatic heterocycles. The topological polar surface area (TPSA) is 49.8 Å². The number of aromatic nitrogens is 2. The van der Waals surface area contributed by atoms with Crippen molar-refractivity contribution < 1.29 is 13.2 Å². The molecule has 8 heteroatoms. The van der Waals surface area contributed by atoms with E-state index < -0.39 is 11.9 Å². The minimum absolute atomic E-state index is 0.00855. The summed E-state index contributed by atoms with van der Waals surface area (Å²) >= 11 is 1.80. The third-order valence-electron chi connectivity index (χ3n) is 3.42. The zero-order valence-electron chi connectivity index (χ0n) is 12.0. The third kappa shape index (κ3) is 4.39. The summed E-state index contributed by atoms with van der Waals surface area (Å²) in [7, 11) is 0. The van der Waals surface area contributed by atoms with Gasteiger partial charge in [-0.1, -0.05) is 0 Å². The van der Waals surface area contributed by atoms with Crippen LogP contribution in [0.3, 0.4) is 0 Å². The maximum atomic E-state index is 12.9. The van der Waals surface area contributed by atoms with Crippen LogP contribution in [0, 0.1) is 0 Å². The molecule has 1 aliphatic carbocycles. The Labute approximate surface area is 126 Å². The fourth-order valence-corrected chi connectivity index (χ4v) is 3.19. The Balaban J connectivity index is 2.16.